The Kier molecular flexibility index (Phi) is 5.47. The Morgan fingerprint density at radius 3 is 2.85 bits per heavy atom. The van der Waals surface area contributed by atoms with Crippen LogP contribution in [0.2, 0.25) is 10.0 Å². The molecule has 0 bridgehead atoms. The van der Waals surface area contributed by atoms with Crippen molar-refractivity contribution < 1.29 is 4.74 Å². The lowest BCUT2D eigenvalue weighted by atomic mass is 9.93. The van der Waals surface area contributed by atoms with Gasteiger partial charge in [0.05, 0.1) is 11.6 Å². The van der Waals surface area contributed by atoms with Crippen LogP contribution in [0.5, 0.6) is 5.75 Å². The third-order valence-corrected chi connectivity index (χ3v) is 4.29. The van der Waals surface area contributed by atoms with E-state index in [9.17, 15) is 0 Å². The molecule has 0 aromatic heterocycles. The van der Waals surface area contributed by atoms with Gasteiger partial charge in [-0.2, -0.15) is 0 Å². The number of aliphatic imine (C=N–C) groups is 1. The average Bonchev–Trinajstić information content (AvgIpc) is 2.38. The molecule has 0 fully saturated rings. The monoisotopic (exact) mass is 332 g/mol. The fraction of sp³-hybridized carbons (Fsp3) is 0.500. The second kappa shape index (κ2) is 6.92. The van der Waals surface area contributed by atoms with Crippen LogP contribution < -0.4 is 10.1 Å². The van der Waals surface area contributed by atoms with Crippen molar-refractivity contribution in [2.75, 3.05) is 25.4 Å². The van der Waals surface area contributed by atoms with Crippen LogP contribution in [0.25, 0.3) is 0 Å². The summed E-state index contributed by atoms with van der Waals surface area (Å²) in [6.45, 7) is 6.82. The van der Waals surface area contributed by atoms with E-state index in [-0.39, 0.29) is 5.41 Å². The summed E-state index contributed by atoms with van der Waals surface area (Å²) in [6, 6.07) is 5.24. The van der Waals surface area contributed by atoms with Gasteiger partial charge in [0.15, 0.2) is 5.17 Å². The third kappa shape index (κ3) is 4.76. The molecule has 1 heterocycles. The molecular weight excluding hydrogens is 315 g/mol. The Morgan fingerprint density at radius 1 is 1.40 bits per heavy atom. The minimum atomic E-state index is 0.247. The molecule has 0 unspecified atom stereocenters. The van der Waals surface area contributed by atoms with Gasteiger partial charge >= 0.3 is 0 Å². The van der Waals surface area contributed by atoms with Gasteiger partial charge in [0, 0.05) is 29.3 Å². The summed E-state index contributed by atoms with van der Waals surface area (Å²) in [6.07, 6.45) is 0. The molecule has 1 N–H and O–H groups in total. The molecule has 1 aromatic carbocycles. The van der Waals surface area contributed by atoms with Gasteiger partial charge in [0.2, 0.25) is 0 Å². The standard InChI is InChI=1S/C14H18Cl2N2OS/c1-14(2)8-17-13(18-9-14)20-6-5-19-12-4-3-10(15)7-11(12)16/h3-4,7H,5-6,8-9H2,1-2H3,(H,17,18). The molecule has 3 nitrogen and oxygen atoms in total. The molecule has 20 heavy (non-hydrogen) atoms. The normalized spacial score (nSPS) is 17.3. The highest BCUT2D eigenvalue weighted by atomic mass is 35.5. The van der Waals surface area contributed by atoms with Crippen LogP contribution in [0.1, 0.15) is 13.8 Å². The summed E-state index contributed by atoms with van der Waals surface area (Å²) in [4.78, 5) is 4.53. The molecular formula is C14H18Cl2N2OS. The zero-order valence-corrected chi connectivity index (χ0v) is 13.9. The van der Waals surface area contributed by atoms with E-state index >= 15 is 0 Å². The van der Waals surface area contributed by atoms with E-state index in [1.165, 1.54) is 0 Å². The van der Waals surface area contributed by atoms with Crippen molar-refractivity contribution >= 4 is 40.1 Å². The summed E-state index contributed by atoms with van der Waals surface area (Å²) < 4.78 is 5.63. The Balaban J connectivity index is 1.73. The largest absolute Gasteiger partial charge is 0.491 e. The molecule has 0 amide bonds. The topological polar surface area (TPSA) is 33.6 Å². The smallest absolute Gasteiger partial charge is 0.156 e. The fourth-order valence-electron chi connectivity index (χ4n) is 1.69. The molecule has 6 heteroatoms. The molecule has 110 valence electrons. The van der Waals surface area contributed by atoms with Crippen LogP contribution in [0.15, 0.2) is 23.2 Å². The molecule has 1 aliphatic heterocycles. The second-order valence-corrected chi connectivity index (χ2v) is 7.34. The second-order valence-electron chi connectivity index (χ2n) is 5.41. The van der Waals surface area contributed by atoms with E-state index < -0.39 is 0 Å². The van der Waals surface area contributed by atoms with E-state index in [4.69, 9.17) is 27.9 Å². The zero-order valence-electron chi connectivity index (χ0n) is 11.6. The van der Waals surface area contributed by atoms with Gasteiger partial charge in [-0.05, 0) is 18.2 Å². The number of nitrogens with zero attached hydrogens (tertiary/aromatic N) is 1. The van der Waals surface area contributed by atoms with Crippen molar-refractivity contribution in [2.45, 2.75) is 13.8 Å². The lowest BCUT2D eigenvalue weighted by Gasteiger charge is -2.28. The van der Waals surface area contributed by atoms with Gasteiger partial charge in [-0.15, -0.1) is 0 Å². The lowest BCUT2D eigenvalue weighted by molar-refractivity contribution is 0.344. The van der Waals surface area contributed by atoms with Gasteiger partial charge in [-0.3, -0.25) is 4.99 Å². The first-order chi connectivity index (χ1) is 9.46. The predicted molar refractivity (Wildman–Crippen MR) is 88.5 cm³/mol. The number of rotatable bonds is 4. The van der Waals surface area contributed by atoms with Crippen LogP contribution in [0.4, 0.5) is 0 Å². The molecule has 0 atom stereocenters. The highest BCUT2D eigenvalue weighted by Crippen LogP contribution is 2.27. The molecule has 2 rings (SSSR count). The number of amidine groups is 1. The molecule has 0 aliphatic carbocycles. The van der Waals surface area contributed by atoms with Crippen molar-refractivity contribution in [3.05, 3.63) is 28.2 Å². The zero-order chi connectivity index (χ0) is 14.6. The van der Waals surface area contributed by atoms with Crippen LogP contribution in [-0.4, -0.2) is 30.6 Å². The van der Waals surface area contributed by atoms with Gasteiger partial charge in [-0.1, -0.05) is 48.8 Å². The van der Waals surface area contributed by atoms with E-state index in [0.29, 0.717) is 22.4 Å². The number of nitrogens with one attached hydrogen (secondary N) is 1. The van der Waals surface area contributed by atoms with Gasteiger partial charge in [0.25, 0.3) is 0 Å². The van der Waals surface area contributed by atoms with Crippen molar-refractivity contribution in [3.8, 4) is 5.75 Å². The fourth-order valence-corrected chi connectivity index (χ4v) is 2.84. The van der Waals surface area contributed by atoms with Crippen LogP contribution in [0.3, 0.4) is 0 Å². The third-order valence-electron chi connectivity index (χ3n) is 2.84. The van der Waals surface area contributed by atoms with Crippen LogP contribution in [-0.2, 0) is 0 Å². The lowest BCUT2D eigenvalue weighted by Crippen LogP contribution is -2.39. The first kappa shape index (κ1) is 15.8. The van der Waals surface area contributed by atoms with Crippen LogP contribution >= 0.6 is 35.0 Å². The maximum absolute atomic E-state index is 6.04. The van der Waals surface area contributed by atoms with Crippen molar-refractivity contribution in [3.63, 3.8) is 0 Å². The number of ether oxygens (including phenoxy) is 1. The van der Waals surface area contributed by atoms with Gasteiger partial charge in [0.1, 0.15) is 5.75 Å². The molecule has 0 radical (unpaired) electrons. The Hall–Kier alpha value is -0.580. The summed E-state index contributed by atoms with van der Waals surface area (Å²) in [5.41, 5.74) is 0.247. The maximum atomic E-state index is 6.04. The van der Waals surface area contributed by atoms with Crippen molar-refractivity contribution in [1.29, 1.82) is 0 Å². The van der Waals surface area contributed by atoms with Gasteiger partial charge < -0.3 is 10.1 Å². The summed E-state index contributed by atoms with van der Waals surface area (Å²) in [7, 11) is 0. The number of thioether (sulfide) groups is 1. The molecule has 0 spiro atoms. The Labute approximate surface area is 134 Å². The van der Waals surface area contributed by atoms with E-state index in [0.717, 1.165) is 24.0 Å². The number of halogens is 2. The molecule has 0 saturated heterocycles. The number of hydrogen-bond acceptors (Lipinski definition) is 4. The first-order valence-corrected chi connectivity index (χ1v) is 8.19. The Morgan fingerprint density at radius 2 is 2.20 bits per heavy atom. The minimum absolute atomic E-state index is 0.247. The van der Waals surface area contributed by atoms with E-state index in [1.807, 2.05) is 0 Å². The highest BCUT2D eigenvalue weighted by Gasteiger charge is 2.22. The SMILES string of the molecule is CC1(C)CN=C(SCCOc2ccc(Cl)cc2Cl)NC1. The van der Waals surface area contributed by atoms with Crippen molar-refractivity contribution in [1.82, 2.24) is 5.32 Å². The minimum Gasteiger partial charge on any atom is -0.491 e. The van der Waals surface area contributed by atoms with Crippen LogP contribution in [0, 0.1) is 5.41 Å². The van der Waals surface area contributed by atoms with E-state index in [2.05, 4.69) is 24.2 Å². The Bertz CT molecular complexity index is 506. The van der Waals surface area contributed by atoms with E-state index in [1.54, 1.807) is 30.0 Å². The summed E-state index contributed by atoms with van der Waals surface area (Å²) >= 11 is 13.5. The summed E-state index contributed by atoms with van der Waals surface area (Å²) in [5.74, 6) is 1.49. The number of hydrogen-bond donors (Lipinski definition) is 1. The molecule has 1 aliphatic rings. The maximum Gasteiger partial charge on any atom is 0.156 e. The molecule has 1 aromatic rings. The van der Waals surface area contributed by atoms with Crippen molar-refractivity contribution in [2.24, 2.45) is 10.4 Å². The summed E-state index contributed by atoms with van der Waals surface area (Å²) in [5, 5.41) is 5.49. The average molecular weight is 333 g/mol. The first-order valence-electron chi connectivity index (χ1n) is 6.45. The quantitative estimate of drug-likeness (QED) is 0.843. The number of benzene rings is 1. The molecule has 0 saturated carbocycles. The predicted octanol–water partition coefficient (Wildman–Crippen LogP) is 4.09. The van der Waals surface area contributed by atoms with Gasteiger partial charge in [-0.25, -0.2) is 0 Å². The highest BCUT2D eigenvalue weighted by molar-refractivity contribution is 8.13.